The van der Waals surface area contributed by atoms with Crippen LogP contribution in [0.5, 0.6) is 0 Å². The first-order valence-electron chi connectivity index (χ1n) is 7.36. The lowest BCUT2D eigenvalue weighted by molar-refractivity contribution is -0.137. The Morgan fingerprint density at radius 3 is 2.24 bits per heavy atom. The van der Waals surface area contributed by atoms with E-state index in [9.17, 15) is 26.4 Å². The van der Waals surface area contributed by atoms with Gasteiger partial charge in [0.15, 0.2) is 0 Å². The van der Waals surface area contributed by atoms with E-state index in [1.807, 2.05) is 0 Å². The van der Waals surface area contributed by atoms with Crippen molar-refractivity contribution >= 4 is 27.5 Å². The van der Waals surface area contributed by atoms with Gasteiger partial charge < -0.3 is 5.32 Å². The Bertz CT molecular complexity index is 743. The summed E-state index contributed by atoms with van der Waals surface area (Å²) in [6, 6.07) is 2.33. The molecule has 0 spiro atoms. The maximum Gasteiger partial charge on any atom is 0.417 e. The molecule has 0 aliphatic heterocycles. The standard InChI is InChI=1S/C15H20ClF3N2O3S/c1-5-21(9-13(22)20-14(2,3)4)25(23,24)10-6-7-12(16)11(8-10)15(17,18)19/h6-8H,5,9H2,1-4H3,(H,20,22). The average Bonchev–Trinajstić information content (AvgIpc) is 2.41. The number of hydrogen-bond donors (Lipinski definition) is 1. The quantitative estimate of drug-likeness (QED) is 0.824. The fourth-order valence-corrected chi connectivity index (χ4v) is 3.67. The number of benzene rings is 1. The molecule has 0 aliphatic carbocycles. The molecule has 25 heavy (non-hydrogen) atoms. The summed E-state index contributed by atoms with van der Waals surface area (Å²) in [7, 11) is -4.29. The second kappa shape index (κ2) is 7.51. The van der Waals surface area contributed by atoms with Crippen LogP contribution in [0.1, 0.15) is 33.3 Å². The summed E-state index contributed by atoms with van der Waals surface area (Å²) in [5, 5.41) is 2.01. The molecule has 0 heterocycles. The molecule has 1 N–H and O–H groups in total. The van der Waals surface area contributed by atoms with Gasteiger partial charge in [-0.25, -0.2) is 8.42 Å². The van der Waals surface area contributed by atoms with Crippen LogP contribution < -0.4 is 5.32 Å². The number of nitrogens with one attached hydrogen (secondary N) is 1. The maximum atomic E-state index is 12.9. The van der Waals surface area contributed by atoms with Gasteiger partial charge in [0.05, 0.1) is 22.0 Å². The van der Waals surface area contributed by atoms with E-state index in [1.54, 1.807) is 20.8 Å². The zero-order chi connectivity index (χ0) is 19.6. The Morgan fingerprint density at radius 2 is 1.80 bits per heavy atom. The smallest absolute Gasteiger partial charge is 0.350 e. The van der Waals surface area contributed by atoms with Crippen molar-refractivity contribution in [3.05, 3.63) is 28.8 Å². The van der Waals surface area contributed by atoms with E-state index in [2.05, 4.69) is 5.32 Å². The van der Waals surface area contributed by atoms with E-state index in [4.69, 9.17) is 11.6 Å². The highest BCUT2D eigenvalue weighted by molar-refractivity contribution is 7.89. The minimum absolute atomic E-state index is 0.0795. The zero-order valence-corrected chi connectivity index (χ0v) is 15.8. The third-order valence-corrected chi connectivity index (χ3v) is 5.31. The van der Waals surface area contributed by atoms with Crippen LogP contribution in [0.4, 0.5) is 13.2 Å². The molecule has 10 heteroatoms. The van der Waals surface area contributed by atoms with Crippen molar-refractivity contribution in [2.24, 2.45) is 0 Å². The van der Waals surface area contributed by atoms with E-state index in [-0.39, 0.29) is 6.54 Å². The largest absolute Gasteiger partial charge is 0.417 e. The molecule has 1 aromatic carbocycles. The van der Waals surface area contributed by atoms with E-state index in [0.717, 1.165) is 16.4 Å². The molecule has 1 rings (SSSR count). The molecule has 0 aromatic heterocycles. The highest BCUT2D eigenvalue weighted by atomic mass is 35.5. The third-order valence-electron chi connectivity index (χ3n) is 3.07. The van der Waals surface area contributed by atoms with Gasteiger partial charge >= 0.3 is 6.18 Å². The number of amides is 1. The fraction of sp³-hybridized carbons (Fsp3) is 0.533. The van der Waals surface area contributed by atoms with Gasteiger partial charge in [0.25, 0.3) is 0 Å². The Morgan fingerprint density at radius 1 is 1.24 bits per heavy atom. The maximum absolute atomic E-state index is 12.9. The second-order valence-electron chi connectivity index (χ2n) is 6.37. The van der Waals surface area contributed by atoms with E-state index < -0.39 is 49.7 Å². The second-order valence-corrected chi connectivity index (χ2v) is 8.71. The lowest BCUT2D eigenvalue weighted by Crippen LogP contribution is -2.47. The summed E-state index contributed by atoms with van der Waals surface area (Å²) in [4.78, 5) is 11.4. The Kier molecular flexibility index (Phi) is 6.52. The molecule has 1 aromatic rings. The number of rotatable bonds is 5. The fourth-order valence-electron chi connectivity index (χ4n) is 2.02. The van der Waals surface area contributed by atoms with Gasteiger partial charge in [0, 0.05) is 12.1 Å². The lowest BCUT2D eigenvalue weighted by Gasteiger charge is -2.25. The van der Waals surface area contributed by atoms with Crippen molar-refractivity contribution in [3.63, 3.8) is 0 Å². The normalized spacial score (nSPS) is 13.2. The van der Waals surface area contributed by atoms with Gasteiger partial charge in [-0.1, -0.05) is 18.5 Å². The van der Waals surface area contributed by atoms with Crippen LogP contribution in [0.3, 0.4) is 0 Å². The summed E-state index contributed by atoms with van der Waals surface area (Å²) >= 11 is 5.51. The minimum Gasteiger partial charge on any atom is -0.350 e. The number of hydrogen-bond acceptors (Lipinski definition) is 3. The molecule has 0 saturated heterocycles. The molecule has 1 amide bonds. The monoisotopic (exact) mass is 400 g/mol. The molecule has 0 radical (unpaired) electrons. The molecular weight excluding hydrogens is 381 g/mol. The zero-order valence-electron chi connectivity index (χ0n) is 14.2. The topological polar surface area (TPSA) is 66.5 Å². The molecule has 0 atom stereocenters. The minimum atomic E-state index is -4.79. The Hall–Kier alpha value is -1.32. The van der Waals surface area contributed by atoms with Crippen LogP contribution in [-0.4, -0.2) is 37.3 Å². The number of nitrogens with zero attached hydrogens (tertiary/aromatic N) is 1. The lowest BCUT2D eigenvalue weighted by atomic mass is 10.1. The van der Waals surface area contributed by atoms with Gasteiger partial charge in [-0.15, -0.1) is 0 Å². The molecule has 5 nitrogen and oxygen atoms in total. The highest BCUT2D eigenvalue weighted by Crippen LogP contribution is 2.36. The van der Waals surface area contributed by atoms with E-state index >= 15 is 0 Å². The van der Waals surface area contributed by atoms with Crippen molar-refractivity contribution in [3.8, 4) is 0 Å². The van der Waals surface area contributed by atoms with Crippen molar-refractivity contribution in [2.45, 2.75) is 44.3 Å². The average molecular weight is 401 g/mol. The number of halogens is 4. The van der Waals surface area contributed by atoms with Crippen molar-refractivity contribution in [1.82, 2.24) is 9.62 Å². The van der Waals surface area contributed by atoms with Gasteiger partial charge in [0.1, 0.15) is 0 Å². The van der Waals surface area contributed by atoms with Crippen molar-refractivity contribution < 1.29 is 26.4 Å². The van der Waals surface area contributed by atoms with Gasteiger partial charge in [-0.2, -0.15) is 17.5 Å². The number of likely N-dealkylation sites (N-methyl/N-ethyl adjacent to an activating group) is 1. The Balaban J connectivity index is 3.19. The first-order chi connectivity index (χ1) is 11.2. The predicted molar refractivity (Wildman–Crippen MR) is 88.8 cm³/mol. The van der Waals surface area contributed by atoms with Crippen LogP contribution in [0, 0.1) is 0 Å². The van der Waals surface area contributed by atoms with Crippen LogP contribution in [0.15, 0.2) is 23.1 Å². The number of sulfonamides is 1. The first kappa shape index (κ1) is 21.7. The van der Waals surface area contributed by atoms with Crippen molar-refractivity contribution in [2.75, 3.05) is 13.1 Å². The van der Waals surface area contributed by atoms with Crippen LogP contribution in [0.25, 0.3) is 0 Å². The number of carbonyl (C=O) groups is 1. The van der Waals surface area contributed by atoms with E-state index in [0.29, 0.717) is 6.07 Å². The molecule has 142 valence electrons. The van der Waals surface area contributed by atoms with Crippen LogP contribution in [-0.2, 0) is 21.0 Å². The molecule has 0 saturated carbocycles. The molecule has 0 bridgehead atoms. The van der Waals surface area contributed by atoms with Crippen LogP contribution in [0.2, 0.25) is 5.02 Å². The molecular formula is C15H20ClF3N2O3S. The van der Waals surface area contributed by atoms with Gasteiger partial charge in [0.2, 0.25) is 15.9 Å². The first-order valence-corrected chi connectivity index (χ1v) is 9.18. The molecule has 0 fully saturated rings. The summed E-state index contributed by atoms with van der Waals surface area (Å²) in [5.41, 5.74) is -1.81. The van der Waals surface area contributed by atoms with Gasteiger partial charge in [-0.05, 0) is 39.0 Å². The highest BCUT2D eigenvalue weighted by Gasteiger charge is 2.35. The van der Waals surface area contributed by atoms with Crippen molar-refractivity contribution in [1.29, 1.82) is 0 Å². The molecule has 0 aliphatic rings. The number of alkyl halides is 3. The van der Waals surface area contributed by atoms with Gasteiger partial charge in [-0.3, -0.25) is 4.79 Å². The molecule has 0 unspecified atom stereocenters. The van der Waals surface area contributed by atoms with Crippen LogP contribution >= 0.6 is 11.6 Å². The van der Waals surface area contributed by atoms with E-state index in [1.165, 1.54) is 6.92 Å². The summed E-state index contributed by atoms with van der Waals surface area (Å²) in [5.74, 6) is -0.553. The Labute approximate surface area is 150 Å². The number of carbonyl (C=O) groups excluding carboxylic acids is 1. The third kappa shape index (κ3) is 5.86. The summed E-state index contributed by atoms with van der Waals surface area (Å²) in [6.45, 7) is 6.09. The summed E-state index contributed by atoms with van der Waals surface area (Å²) < 4.78 is 64.8. The summed E-state index contributed by atoms with van der Waals surface area (Å²) in [6.07, 6.45) is -4.79. The SMILES string of the molecule is CCN(CC(=O)NC(C)(C)C)S(=O)(=O)c1ccc(Cl)c(C(F)(F)F)c1. The predicted octanol–water partition coefficient (Wildman–Crippen LogP) is 3.28.